The van der Waals surface area contributed by atoms with Crippen molar-refractivity contribution in [3.63, 3.8) is 0 Å². The van der Waals surface area contributed by atoms with E-state index in [9.17, 15) is 15.2 Å². The van der Waals surface area contributed by atoms with Gasteiger partial charge in [0.15, 0.2) is 0 Å². The highest BCUT2D eigenvalue weighted by Gasteiger charge is 2.39. The molecular weight excluding hydrogens is 344 g/mol. The van der Waals surface area contributed by atoms with Crippen LogP contribution in [0.2, 0.25) is 0 Å². The summed E-state index contributed by atoms with van der Waals surface area (Å²) in [5.74, 6) is -0.791. The number of rotatable bonds is 2. The van der Waals surface area contributed by atoms with Gasteiger partial charge in [0, 0.05) is 28.2 Å². The van der Waals surface area contributed by atoms with Crippen LogP contribution < -0.4 is 0 Å². The zero-order valence-corrected chi connectivity index (χ0v) is 15.0. The monoisotopic (exact) mass is 360 g/mol. The minimum atomic E-state index is -0.842. The first kappa shape index (κ1) is 16.6. The van der Waals surface area contributed by atoms with E-state index in [-0.39, 0.29) is 0 Å². The Balaban J connectivity index is 1.96. The topological polar surface area (TPSA) is 74.0 Å². The summed E-state index contributed by atoms with van der Waals surface area (Å²) in [6, 6.07) is 13.8. The molecular formula is C21H16N2O2S. The van der Waals surface area contributed by atoms with Crippen molar-refractivity contribution in [1.29, 1.82) is 5.26 Å². The number of carboxylic acid groups (broad SMARTS) is 1. The number of nitrogens with zero attached hydrogens (tertiary/aromatic N) is 2. The van der Waals surface area contributed by atoms with Gasteiger partial charge in [-0.25, -0.2) is 0 Å². The molecule has 2 aromatic carbocycles. The van der Waals surface area contributed by atoms with Crippen LogP contribution in [0.25, 0.3) is 21.9 Å². The minimum absolute atomic E-state index is 0.583. The molecule has 4 nitrogen and oxygen atoms in total. The fourth-order valence-electron chi connectivity index (χ4n) is 3.41. The molecule has 128 valence electrons. The Hall–Kier alpha value is -2.84. The van der Waals surface area contributed by atoms with Gasteiger partial charge in [0.05, 0.1) is 11.6 Å². The molecule has 0 fully saturated rings. The number of aromatic nitrogens is 1. The number of aryl methyl sites for hydroxylation is 1. The number of carboxylic acids is 1. The van der Waals surface area contributed by atoms with E-state index in [4.69, 9.17) is 0 Å². The Bertz CT molecular complexity index is 1090. The number of thioether (sulfide) groups is 1. The zero-order chi connectivity index (χ0) is 18.3. The van der Waals surface area contributed by atoms with E-state index in [1.54, 1.807) is 13.1 Å². The van der Waals surface area contributed by atoms with Crippen LogP contribution in [-0.2, 0) is 11.2 Å². The van der Waals surface area contributed by atoms with Gasteiger partial charge in [-0.15, -0.1) is 11.8 Å². The smallest absolute Gasteiger partial charge is 0.319 e. The summed E-state index contributed by atoms with van der Waals surface area (Å²) in [4.78, 5) is 17.1. The van der Waals surface area contributed by atoms with Gasteiger partial charge in [-0.1, -0.05) is 30.3 Å². The molecule has 3 aromatic rings. The molecule has 0 radical (unpaired) electrons. The maximum Gasteiger partial charge on any atom is 0.319 e. The van der Waals surface area contributed by atoms with Crippen molar-refractivity contribution >= 4 is 28.5 Å². The molecule has 5 heteroatoms. The molecule has 0 amide bonds. The molecule has 0 aliphatic carbocycles. The Labute approximate surface area is 155 Å². The van der Waals surface area contributed by atoms with Crippen molar-refractivity contribution in [2.75, 3.05) is 0 Å². The zero-order valence-electron chi connectivity index (χ0n) is 14.2. The van der Waals surface area contributed by atoms with Gasteiger partial charge in [0.25, 0.3) is 0 Å². The lowest BCUT2D eigenvalue weighted by Gasteiger charge is -2.31. The lowest BCUT2D eigenvalue weighted by Crippen LogP contribution is -2.34. The lowest BCUT2D eigenvalue weighted by atomic mass is 9.94. The second-order valence-electron chi connectivity index (χ2n) is 6.63. The Morgan fingerprint density at radius 3 is 2.69 bits per heavy atom. The van der Waals surface area contributed by atoms with E-state index < -0.39 is 10.7 Å². The number of fused-ring (bicyclic) bond motifs is 2. The molecule has 1 aliphatic rings. The third kappa shape index (κ3) is 2.54. The molecule has 1 aliphatic heterocycles. The van der Waals surface area contributed by atoms with Gasteiger partial charge in [0.1, 0.15) is 4.75 Å². The highest BCUT2D eigenvalue weighted by atomic mass is 32.2. The van der Waals surface area contributed by atoms with E-state index in [1.807, 2.05) is 42.6 Å². The third-order valence-corrected chi connectivity index (χ3v) is 6.47. The first-order valence-electron chi connectivity index (χ1n) is 8.35. The van der Waals surface area contributed by atoms with Gasteiger partial charge < -0.3 is 5.11 Å². The standard InChI is InChI=1S/C21H16N2O2S/c1-21(20(24)25)9-8-14-11-23-12-18(19(14)26-21)17-7-6-13(10-22)15-4-2-3-5-16(15)17/h2-7,11-12H,8-9H2,1H3,(H,24,25). The molecule has 0 bridgehead atoms. The number of hydrogen-bond donors (Lipinski definition) is 1. The van der Waals surface area contributed by atoms with Gasteiger partial charge in [-0.05, 0) is 42.3 Å². The third-order valence-electron chi connectivity index (χ3n) is 4.96. The normalized spacial score (nSPS) is 18.9. The van der Waals surface area contributed by atoms with Crippen LogP contribution in [0.4, 0.5) is 0 Å². The van der Waals surface area contributed by atoms with Crippen molar-refractivity contribution < 1.29 is 9.90 Å². The molecule has 26 heavy (non-hydrogen) atoms. The van der Waals surface area contributed by atoms with Crippen molar-refractivity contribution in [2.45, 2.75) is 29.4 Å². The highest BCUT2D eigenvalue weighted by molar-refractivity contribution is 8.01. The first-order valence-corrected chi connectivity index (χ1v) is 9.16. The second kappa shape index (κ2) is 6.15. The number of nitriles is 1. The van der Waals surface area contributed by atoms with Crippen LogP contribution in [0.5, 0.6) is 0 Å². The van der Waals surface area contributed by atoms with E-state index in [2.05, 4.69) is 11.1 Å². The summed E-state index contributed by atoms with van der Waals surface area (Å²) in [5.41, 5.74) is 3.62. The Morgan fingerprint density at radius 1 is 1.19 bits per heavy atom. The average molecular weight is 360 g/mol. The molecule has 0 saturated carbocycles. The Morgan fingerprint density at radius 2 is 1.96 bits per heavy atom. The maximum absolute atomic E-state index is 11.8. The molecule has 2 heterocycles. The van der Waals surface area contributed by atoms with Gasteiger partial charge in [-0.3, -0.25) is 9.78 Å². The van der Waals surface area contributed by atoms with Gasteiger partial charge >= 0.3 is 5.97 Å². The fourth-order valence-corrected chi connectivity index (χ4v) is 4.71. The summed E-state index contributed by atoms with van der Waals surface area (Å²) in [7, 11) is 0. The second-order valence-corrected chi connectivity index (χ2v) is 8.14. The first-order chi connectivity index (χ1) is 12.5. The number of carbonyl (C=O) groups is 1. The largest absolute Gasteiger partial charge is 0.480 e. The molecule has 4 rings (SSSR count). The minimum Gasteiger partial charge on any atom is -0.480 e. The number of hydrogen-bond acceptors (Lipinski definition) is 4. The predicted octanol–water partition coefficient (Wildman–Crippen LogP) is 4.66. The fraction of sp³-hybridized carbons (Fsp3) is 0.190. The van der Waals surface area contributed by atoms with Crippen molar-refractivity contribution in [3.8, 4) is 17.2 Å². The summed E-state index contributed by atoms with van der Waals surface area (Å²) in [5, 5.41) is 20.9. The van der Waals surface area contributed by atoms with E-state index in [0.29, 0.717) is 18.4 Å². The summed E-state index contributed by atoms with van der Waals surface area (Å²) in [6.45, 7) is 1.78. The maximum atomic E-state index is 11.8. The molecule has 0 saturated heterocycles. The van der Waals surface area contributed by atoms with Crippen LogP contribution in [0.1, 0.15) is 24.5 Å². The van der Waals surface area contributed by atoms with E-state index in [0.717, 1.165) is 32.4 Å². The molecule has 0 spiro atoms. The molecule has 1 atom stereocenters. The summed E-state index contributed by atoms with van der Waals surface area (Å²) < 4.78 is -0.842. The predicted molar refractivity (Wildman–Crippen MR) is 102 cm³/mol. The van der Waals surface area contributed by atoms with E-state index >= 15 is 0 Å². The van der Waals surface area contributed by atoms with Crippen molar-refractivity contribution in [1.82, 2.24) is 4.98 Å². The van der Waals surface area contributed by atoms with Crippen LogP contribution in [0, 0.1) is 11.3 Å². The van der Waals surface area contributed by atoms with Crippen LogP contribution in [0.3, 0.4) is 0 Å². The Kier molecular flexibility index (Phi) is 3.93. The molecule has 1 N–H and O–H groups in total. The highest BCUT2D eigenvalue weighted by Crippen LogP contribution is 2.48. The van der Waals surface area contributed by atoms with E-state index in [1.165, 1.54) is 11.8 Å². The van der Waals surface area contributed by atoms with Gasteiger partial charge in [-0.2, -0.15) is 5.26 Å². The molecule has 1 aromatic heterocycles. The van der Waals surface area contributed by atoms with Crippen LogP contribution in [0.15, 0.2) is 53.7 Å². The summed E-state index contributed by atoms with van der Waals surface area (Å²) in [6.07, 6.45) is 4.91. The molecule has 1 unspecified atom stereocenters. The van der Waals surface area contributed by atoms with Crippen LogP contribution >= 0.6 is 11.8 Å². The summed E-state index contributed by atoms with van der Waals surface area (Å²) >= 11 is 1.40. The van der Waals surface area contributed by atoms with Crippen molar-refractivity contribution in [3.05, 3.63) is 59.9 Å². The quantitative estimate of drug-likeness (QED) is 0.720. The lowest BCUT2D eigenvalue weighted by molar-refractivity contribution is -0.139. The number of benzene rings is 2. The van der Waals surface area contributed by atoms with Crippen LogP contribution in [-0.4, -0.2) is 20.8 Å². The van der Waals surface area contributed by atoms with Gasteiger partial charge in [0.2, 0.25) is 0 Å². The number of aliphatic carboxylic acids is 1. The SMILES string of the molecule is CC1(C(=O)O)CCc2cncc(-c3ccc(C#N)c4ccccc34)c2S1. The number of pyridine rings is 1. The van der Waals surface area contributed by atoms with Crippen molar-refractivity contribution in [2.24, 2.45) is 0 Å². The average Bonchev–Trinajstić information content (AvgIpc) is 2.66.